The fraction of sp³-hybridized carbons (Fsp3) is 0.0400. The summed E-state index contributed by atoms with van der Waals surface area (Å²) in [6.45, 7) is 0. The summed E-state index contributed by atoms with van der Waals surface area (Å²) in [5.41, 5.74) is 4.44. The second-order valence-electron chi connectivity index (χ2n) is 7.55. The number of rotatable bonds is 4. The van der Waals surface area contributed by atoms with Gasteiger partial charge in [-0.3, -0.25) is 0 Å². The average Bonchev–Trinajstić information content (AvgIpc) is 2.98. The molecule has 1 aliphatic heterocycles. The van der Waals surface area contributed by atoms with Crippen LogP contribution in [-0.2, 0) is 6.42 Å². The molecule has 1 aliphatic carbocycles. The fourth-order valence-corrected chi connectivity index (χ4v) is 4.26. The molecular weight excluding hydrogens is 478 g/mol. The summed E-state index contributed by atoms with van der Waals surface area (Å²) in [6, 6.07) is 10.8. The Kier molecular flexibility index (Phi) is 5.73. The van der Waals surface area contributed by atoms with Gasteiger partial charge in [0.05, 0.1) is 16.3 Å². The lowest BCUT2D eigenvalue weighted by Crippen LogP contribution is -2.10. The second-order valence-corrected chi connectivity index (χ2v) is 8.34. The maximum absolute atomic E-state index is 14.8. The van der Waals surface area contributed by atoms with Crippen molar-refractivity contribution in [3.63, 3.8) is 0 Å². The van der Waals surface area contributed by atoms with Gasteiger partial charge < -0.3 is 10.4 Å². The number of anilines is 2. The van der Waals surface area contributed by atoms with Crippen LogP contribution in [0.1, 0.15) is 27.2 Å². The maximum Gasteiger partial charge on any atom is 0.335 e. The summed E-state index contributed by atoms with van der Waals surface area (Å²) in [4.78, 5) is 24.4. The third-order valence-electron chi connectivity index (χ3n) is 5.43. The molecule has 3 aromatic rings. The summed E-state index contributed by atoms with van der Waals surface area (Å²) in [6.07, 6.45) is 7.38. The maximum atomic E-state index is 14.8. The van der Waals surface area contributed by atoms with E-state index in [1.165, 1.54) is 18.2 Å². The van der Waals surface area contributed by atoms with Crippen molar-refractivity contribution >= 4 is 57.1 Å². The molecule has 1 aromatic heterocycles. The lowest BCUT2D eigenvalue weighted by atomic mass is 9.85. The zero-order valence-corrected chi connectivity index (χ0v) is 18.9. The largest absolute Gasteiger partial charge is 0.478 e. The van der Waals surface area contributed by atoms with Crippen LogP contribution < -0.4 is 5.32 Å². The van der Waals surface area contributed by atoms with Crippen molar-refractivity contribution in [1.29, 1.82) is 0 Å². The summed E-state index contributed by atoms with van der Waals surface area (Å²) in [5, 5.41) is 12.6. The SMILES string of the molecule is O=C(O)c1ccc(Nc2ncc3c(n2)C2=CN=C(Cl)C=C(c4c(F)cccc4Cl)C2=CC3)cc1. The van der Waals surface area contributed by atoms with Crippen molar-refractivity contribution in [3.05, 3.63) is 106 Å². The summed E-state index contributed by atoms with van der Waals surface area (Å²) >= 11 is 12.6. The number of aromatic nitrogens is 2. The minimum absolute atomic E-state index is 0.177. The van der Waals surface area contributed by atoms with Gasteiger partial charge in [0.15, 0.2) is 0 Å². The number of carboxylic acids is 1. The van der Waals surface area contributed by atoms with E-state index in [0.29, 0.717) is 34.9 Å². The van der Waals surface area contributed by atoms with Gasteiger partial charge in [0, 0.05) is 34.8 Å². The summed E-state index contributed by atoms with van der Waals surface area (Å²) in [5.74, 6) is -1.15. The molecule has 5 rings (SSSR count). The number of nitrogens with zero attached hydrogens (tertiary/aromatic N) is 3. The third-order valence-corrected chi connectivity index (χ3v) is 5.95. The van der Waals surface area contributed by atoms with Crippen LogP contribution in [0.5, 0.6) is 0 Å². The highest BCUT2D eigenvalue weighted by Crippen LogP contribution is 2.42. The number of aliphatic imine (C=N–C) groups is 1. The van der Waals surface area contributed by atoms with Gasteiger partial charge >= 0.3 is 5.97 Å². The van der Waals surface area contributed by atoms with Crippen molar-refractivity contribution in [2.45, 2.75) is 6.42 Å². The minimum atomic E-state index is -1.01. The first-order valence-corrected chi connectivity index (χ1v) is 10.9. The van der Waals surface area contributed by atoms with Crippen molar-refractivity contribution in [2.75, 3.05) is 5.32 Å². The fourth-order valence-electron chi connectivity index (χ4n) is 3.83. The normalized spacial score (nSPS) is 14.6. The second kappa shape index (κ2) is 8.85. The highest BCUT2D eigenvalue weighted by Gasteiger charge is 2.27. The van der Waals surface area contributed by atoms with Gasteiger partial charge in [-0.15, -0.1) is 0 Å². The molecule has 0 radical (unpaired) electrons. The Morgan fingerprint density at radius 1 is 1.06 bits per heavy atom. The van der Waals surface area contributed by atoms with Crippen LogP contribution in [0.25, 0.3) is 11.1 Å². The minimum Gasteiger partial charge on any atom is -0.478 e. The van der Waals surface area contributed by atoms with Crippen LogP contribution >= 0.6 is 23.2 Å². The monoisotopic (exact) mass is 492 g/mol. The standard InChI is InChI=1S/C25H15Cl2FN4O2/c26-19-2-1-3-20(28)22(19)17-10-21(27)29-12-18-16(17)9-6-14-11-30-25(32-23(14)18)31-15-7-4-13(5-8-15)24(33)34/h1-5,7-12H,6H2,(H,33,34)(H,30,31,32). The number of benzene rings is 2. The molecule has 2 aromatic carbocycles. The van der Waals surface area contributed by atoms with Gasteiger partial charge in [-0.25, -0.2) is 24.1 Å². The topological polar surface area (TPSA) is 87.5 Å². The van der Waals surface area contributed by atoms with E-state index in [2.05, 4.69) is 20.3 Å². The first kappa shape index (κ1) is 22.0. The molecule has 2 heterocycles. The van der Waals surface area contributed by atoms with Gasteiger partial charge in [0.2, 0.25) is 5.95 Å². The van der Waals surface area contributed by atoms with E-state index in [9.17, 15) is 9.18 Å². The lowest BCUT2D eigenvalue weighted by molar-refractivity contribution is 0.0697. The number of carboxylic acid groups (broad SMARTS) is 1. The van der Waals surface area contributed by atoms with Crippen molar-refractivity contribution in [1.82, 2.24) is 9.97 Å². The lowest BCUT2D eigenvalue weighted by Gasteiger charge is -2.22. The van der Waals surface area contributed by atoms with Crippen LogP contribution in [-0.4, -0.2) is 26.2 Å². The number of hydrogen-bond donors (Lipinski definition) is 2. The Morgan fingerprint density at radius 2 is 1.85 bits per heavy atom. The highest BCUT2D eigenvalue weighted by molar-refractivity contribution is 6.69. The van der Waals surface area contributed by atoms with Crippen LogP contribution in [0.4, 0.5) is 16.0 Å². The molecule has 0 spiro atoms. The van der Waals surface area contributed by atoms with Gasteiger partial charge in [-0.1, -0.05) is 35.3 Å². The van der Waals surface area contributed by atoms with Gasteiger partial charge in [0.25, 0.3) is 0 Å². The predicted octanol–water partition coefficient (Wildman–Crippen LogP) is 6.27. The molecule has 0 unspecified atom stereocenters. The number of nitrogens with one attached hydrogen (secondary N) is 1. The van der Waals surface area contributed by atoms with Crippen molar-refractivity contribution < 1.29 is 14.3 Å². The van der Waals surface area contributed by atoms with E-state index in [-0.39, 0.29) is 21.3 Å². The molecule has 34 heavy (non-hydrogen) atoms. The van der Waals surface area contributed by atoms with E-state index in [0.717, 1.165) is 11.1 Å². The Morgan fingerprint density at radius 3 is 2.59 bits per heavy atom. The Labute approximate surface area is 203 Å². The number of fused-ring (bicyclic) bond motifs is 3. The number of aromatic carboxylic acids is 1. The zero-order chi connectivity index (χ0) is 23.8. The van der Waals surface area contributed by atoms with E-state index < -0.39 is 11.8 Å². The molecule has 0 amide bonds. The van der Waals surface area contributed by atoms with Crippen molar-refractivity contribution in [3.8, 4) is 0 Å². The molecule has 9 heteroatoms. The molecule has 0 fully saturated rings. The average molecular weight is 493 g/mol. The Balaban J connectivity index is 1.54. The van der Waals surface area contributed by atoms with E-state index in [1.54, 1.807) is 42.7 Å². The first-order valence-electron chi connectivity index (χ1n) is 10.2. The van der Waals surface area contributed by atoms with Crippen molar-refractivity contribution in [2.24, 2.45) is 4.99 Å². The molecular formula is C25H15Cl2FN4O2. The molecule has 0 saturated carbocycles. The summed E-state index contributed by atoms with van der Waals surface area (Å²) < 4.78 is 14.8. The van der Waals surface area contributed by atoms with Gasteiger partial charge in [-0.05, 0) is 60.0 Å². The zero-order valence-electron chi connectivity index (χ0n) is 17.4. The highest BCUT2D eigenvalue weighted by atomic mass is 35.5. The van der Waals surface area contributed by atoms with Crippen LogP contribution in [0.15, 0.2) is 77.6 Å². The molecule has 0 atom stereocenters. The Hall–Kier alpha value is -3.81. The molecule has 2 N–H and O–H groups in total. The Bertz CT molecular complexity index is 1440. The van der Waals surface area contributed by atoms with E-state index in [1.807, 2.05) is 6.08 Å². The van der Waals surface area contributed by atoms with E-state index >= 15 is 0 Å². The number of allylic oxidation sites excluding steroid dienone is 5. The predicted molar refractivity (Wildman–Crippen MR) is 131 cm³/mol. The number of hydrogen-bond acceptors (Lipinski definition) is 5. The number of carbonyl (C=O) groups is 1. The molecule has 0 bridgehead atoms. The van der Waals surface area contributed by atoms with Crippen LogP contribution in [0, 0.1) is 5.82 Å². The molecule has 2 aliphatic rings. The molecule has 168 valence electrons. The quantitative estimate of drug-likeness (QED) is 0.448. The smallest absolute Gasteiger partial charge is 0.335 e. The summed E-state index contributed by atoms with van der Waals surface area (Å²) in [7, 11) is 0. The van der Waals surface area contributed by atoms with E-state index in [4.69, 9.17) is 28.3 Å². The van der Waals surface area contributed by atoms with Gasteiger partial charge in [0.1, 0.15) is 11.0 Å². The number of halogens is 3. The third kappa shape index (κ3) is 4.11. The van der Waals surface area contributed by atoms with Crippen LogP contribution in [0.2, 0.25) is 5.02 Å². The first-order chi connectivity index (χ1) is 16.4. The molecule has 6 nitrogen and oxygen atoms in total. The van der Waals surface area contributed by atoms with Crippen LogP contribution in [0.3, 0.4) is 0 Å². The van der Waals surface area contributed by atoms with Gasteiger partial charge in [-0.2, -0.15) is 0 Å². The molecule has 0 saturated heterocycles.